The Balaban J connectivity index is 1.49. The van der Waals surface area contributed by atoms with Gasteiger partial charge in [0.25, 0.3) is 0 Å². The molecule has 8 heteroatoms. The standard InChI is InChI=1S/C23H29N5O2S/c1-3-17-9-7-10-18(4-2)21(17)24-20(29)16-31-23-26-25-22(27-12-5-6-13-27)28(23)15-19-11-8-14-30-19/h7-11,14H,3-6,12-13,15-16H2,1-2H3,(H,24,29). The van der Waals surface area contributed by atoms with Gasteiger partial charge < -0.3 is 14.6 Å². The zero-order valence-corrected chi connectivity index (χ0v) is 19.0. The molecule has 1 saturated heterocycles. The van der Waals surface area contributed by atoms with E-state index in [-0.39, 0.29) is 11.7 Å². The van der Waals surface area contributed by atoms with Crippen molar-refractivity contribution in [2.45, 2.75) is 51.2 Å². The highest BCUT2D eigenvalue weighted by atomic mass is 32.2. The van der Waals surface area contributed by atoms with E-state index in [9.17, 15) is 4.79 Å². The van der Waals surface area contributed by atoms with Crippen molar-refractivity contribution in [1.82, 2.24) is 14.8 Å². The van der Waals surface area contributed by atoms with Gasteiger partial charge in [0.2, 0.25) is 11.9 Å². The van der Waals surface area contributed by atoms with E-state index in [2.05, 4.69) is 57.0 Å². The summed E-state index contributed by atoms with van der Waals surface area (Å²) in [6.45, 7) is 6.73. The van der Waals surface area contributed by atoms with E-state index in [1.54, 1.807) is 6.26 Å². The fraction of sp³-hybridized carbons (Fsp3) is 0.435. The molecule has 164 valence electrons. The molecule has 0 unspecified atom stereocenters. The quantitative estimate of drug-likeness (QED) is 0.499. The van der Waals surface area contributed by atoms with Crippen LogP contribution in [-0.2, 0) is 24.2 Å². The maximum atomic E-state index is 12.8. The smallest absolute Gasteiger partial charge is 0.234 e. The highest BCUT2D eigenvalue weighted by Crippen LogP contribution is 2.27. The first kappa shape index (κ1) is 21.5. The first-order valence-electron chi connectivity index (χ1n) is 10.9. The number of rotatable bonds is 9. The zero-order valence-electron chi connectivity index (χ0n) is 18.1. The van der Waals surface area contributed by atoms with E-state index in [1.807, 2.05) is 12.1 Å². The number of amides is 1. The van der Waals surface area contributed by atoms with Gasteiger partial charge in [-0.2, -0.15) is 0 Å². The van der Waals surface area contributed by atoms with Crippen LogP contribution in [0.1, 0.15) is 43.6 Å². The Morgan fingerprint density at radius 3 is 2.48 bits per heavy atom. The summed E-state index contributed by atoms with van der Waals surface area (Å²) >= 11 is 1.41. The van der Waals surface area contributed by atoms with Gasteiger partial charge in [-0.3, -0.25) is 9.36 Å². The van der Waals surface area contributed by atoms with Crippen molar-refractivity contribution >= 4 is 29.3 Å². The van der Waals surface area contributed by atoms with E-state index in [1.165, 1.54) is 11.8 Å². The summed E-state index contributed by atoms with van der Waals surface area (Å²) in [6, 6.07) is 10.0. The van der Waals surface area contributed by atoms with Crippen molar-refractivity contribution in [3.8, 4) is 0 Å². The van der Waals surface area contributed by atoms with Crippen LogP contribution in [0.3, 0.4) is 0 Å². The summed E-state index contributed by atoms with van der Waals surface area (Å²) < 4.78 is 7.61. The van der Waals surface area contributed by atoms with Crippen LogP contribution in [0, 0.1) is 0 Å². The van der Waals surface area contributed by atoms with Gasteiger partial charge in [-0.15, -0.1) is 10.2 Å². The average molecular weight is 440 g/mol. The van der Waals surface area contributed by atoms with E-state index < -0.39 is 0 Å². The highest BCUT2D eigenvalue weighted by Gasteiger charge is 2.22. The van der Waals surface area contributed by atoms with Gasteiger partial charge in [-0.1, -0.05) is 43.8 Å². The van der Waals surface area contributed by atoms with Crippen molar-refractivity contribution in [1.29, 1.82) is 0 Å². The number of nitrogens with one attached hydrogen (secondary N) is 1. The lowest BCUT2D eigenvalue weighted by molar-refractivity contribution is -0.113. The van der Waals surface area contributed by atoms with Crippen LogP contribution < -0.4 is 10.2 Å². The second-order valence-corrected chi connectivity index (χ2v) is 8.58. The topological polar surface area (TPSA) is 76.2 Å². The molecule has 7 nitrogen and oxygen atoms in total. The molecule has 0 atom stereocenters. The molecule has 1 amide bonds. The molecule has 31 heavy (non-hydrogen) atoms. The Morgan fingerprint density at radius 2 is 1.84 bits per heavy atom. The SMILES string of the molecule is CCc1cccc(CC)c1NC(=O)CSc1nnc(N2CCCC2)n1Cc1ccco1. The fourth-order valence-corrected chi connectivity index (χ4v) is 4.68. The minimum atomic E-state index is -0.0316. The van der Waals surface area contributed by atoms with Crippen LogP contribution >= 0.6 is 11.8 Å². The molecule has 2 aromatic heterocycles. The van der Waals surface area contributed by atoms with E-state index in [4.69, 9.17) is 4.42 Å². The first-order valence-corrected chi connectivity index (χ1v) is 11.9. The molecule has 0 bridgehead atoms. The number of hydrogen-bond acceptors (Lipinski definition) is 6. The predicted molar refractivity (Wildman–Crippen MR) is 124 cm³/mol. The van der Waals surface area contributed by atoms with Gasteiger partial charge in [0, 0.05) is 18.8 Å². The molecule has 4 rings (SSSR count). The van der Waals surface area contributed by atoms with Crippen molar-refractivity contribution in [2.24, 2.45) is 0 Å². The van der Waals surface area contributed by atoms with Gasteiger partial charge >= 0.3 is 0 Å². The largest absolute Gasteiger partial charge is 0.467 e. The van der Waals surface area contributed by atoms with E-state index in [0.29, 0.717) is 6.54 Å². The van der Waals surface area contributed by atoms with Gasteiger partial charge in [-0.05, 0) is 48.9 Å². The van der Waals surface area contributed by atoms with Crippen molar-refractivity contribution < 1.29 is 9.21 Å². The summed E-state index contributed by atoms with van der Waals surface area (Å²) in [5.74, 6) is 1.94. The molecule has 1 fully saturated rings. The van der Waals surface area contributed by atoms with Crippen LogP contribution in [-0.4, -0.2) is 39.5 Å². The van der Waals surface area contributed by atoms with Crippen molar-refractivity contribution in [3.05, 3.63) is 53.5 Å². The molecular weight excluding hydrogens is 410 g/mol. The number of thioether (sulfide) groups is 1. The predicted octanol–water partition coefficient (Wildman–Crippen LogP) is 4.38. The van der Waals surface area contributed by atoms with Gasteiger partial charge in [0.05, 0.1) is 18.6 Å². The third-order valence-corrected chi connectivity index (χ3v) is 6.54. The number of carbonyl (C=O) groups is 1. The number of para-hydroxylation sites is 1. The molecule has 1 N–H and O–H groups in total. The summed E-state index contributed by atoms with van der Waals surface area (Å²) in [4.78, 5) is 15.1. The average Bonchev–Trinajstić information content (AvgIpc) is 3.55. The Morgan fingerprint density at radius 1 is 1.10 bits per heavy atom. The third-order valence-electron chi connectivity index (χ3n) is 5.58. The van der Waals surface area contributed by atoms with E-state index >= 15 is 0 Å². The number of anilines is 2. The van der Waals surface area contributed by atoms with Crippen LogP contribution in [0.5, 0.6) is 0 Å². The lowest BCUT2D eigenvalue weighted by Gasteiger charge is -2.18. The summed E-state index contributed by atoms with van der Waals surface area (Å²) in [5.41, 5.74) is 3.28. The van der Waals surface area contributed by atoms with Crippen molar-refractivity contribution in [3.63, 3.8) is 0 Å². The molecule has 1 aliphatic heterocycles. The maximum absolute atomic E-state index is 12.8. The lowest BCUT2D eigenvalue weighted by Crippen LogP contribution is -2.23. The summed E-state index contributed by atoms with van der Waals surface area (Å²) in [7, 11) is 0. The van der Waals surface area contributed by atoms with Crippen LogP contribution in [0.25, 0.3) is 0 Å². The Bertz CT molecular complexity index is 987. The second kappa shape index (κ2) is 10.0. The third kappa shape index (κ3) is 4.95. The molecule has 0 saturated carbocycles. The van der Waals surface area contributed by atoms with Gasteiger partial charge in [-0.25, -0.2) is 0 Å². The molecule has 1 aliphatic rings. The fourth-order valence-electron chi connectivity index (χ4n) is 3.94. The molecule has 3 aromatic rings. The number of benzene rings is 1. The zero-order chi connectivity index (χ0) is 21.6. The number of aryl methyl sites for hydroxylation is 2. The van der Waals surface area contributed by atoms with Crippen LogP contribution in [0.2, 0.25) is 0 Å². The first-order chi connectivity index (χ1) is 15.2. The number of carbonyl (C=O) groups excluding carboxylic acids is 1. The van der Waals surface area contributed by atoms with E-state index in [0.717, 1.165) is 72.5 Å². The molecule has 0 radical (unpaired) electrons. The summed E-state index contributed by atoms with van der Waals surface area (Å²) in [6.07, 6.45) is 5.76. The highest BCUT2D eigenvalue weighted by molar-refractivity contribution is 7.99. The molecule has 0 spiro atoms. The molecule has 3 heterocycles. The Kier molecular flexibility index (Phi) is 6.96. The number of nitrogens with zero attached hydrogens (tertiary/aromatic N) is 4. The minimum absolute atomic E-state index is 0.0316. The summed E-state index contributed by atoms with van der Waals surface area (Å²) in [5, 5.41) is 12.7. The minimum Gasteiger partial charge on any atom is -0.467 e. The molecule has 0 aliphatic carbocycles. The monoisotopic (exact) mass is 439 g/mol. The normalized spacial score (nSPS) is 13.7. The second-order valence-electron chi connectivity index (χ2n) is 7.64. The maximum Gasteiger partial charge on any atom is 0.234 e. The number of aromatic nitrogens is 3. The number of hydrogen-bond donors (Lipinski definition) is 1. The van der Waals surface area contributed by atoms with Crippen LogP contribution in [0.15, 0.2) is 46.2 Å². The molecular formula is C23H29N5O2S. The molecule has 1 aromatic carbocycles. The van der Waals surface area contributed by atoms with Gasteiger partial charge in [0.15, 0.2) is 5.16 Å². The Hall–Kier alpha value is -2.74. The van der Waals surface area contributed by atoms with Crippen molar-refractivity contribution in [2.75, 3.05) is 29.1 Å². The van der Waals surface area contributed by atoms with Crippen LogP contribution in [0.4, 0.5) is 11.6 Å². The number of furan rings is 1. The van der Waals surface area contributed by atoms with Gasteiger partial charge in [0.1, 0.15) is 5.76 Å². The Labute approximate surface area is 187 Å². The lowest BCUT2D eigenvalue weighted by atomic mass is 10.0.